The van der Waals surface area contributed by atoms with Crippen LogP contribution < -0.4 is 16.4 Å². The number of nitrogens with zero attached hydrogens (tertiary/aromatic N) is 4. The van der Waals surface area contributed by atoms with Gasteiger partial charge in [-0.25, -0.2) is 4.99 Å². The fraction of sp³-hybridized carbons (Fsp3) is 0.438. The summed E-state index contributed by atoms with van der Waals surface area (Å²) >= 11 is 0. The summed E-state index contributed by atoms with van der Waals surface area (Å²) in [5.74, 6) is -0.0497. The first kappa shape index (κ1) is 17.1. The van der Waals surface area contributed by atoms with Gasteiger partial charge in [-0.2, -0.15) is 23.4 Å². The maximum Gasteiger partial charge on any atom is 0.416 e. The molecule has 25 heavy (non-hydrogen) atoms. The third-order valence-electron chi connectivity index (χ3n) is 4.54. The third-order valence-corrected chi connectivity index (χ3v) is 4.54. The molecule has 1 heterocycles. The molecule has 1 fully saturated rings. The van der Waals surface area contributed by atoms with Crippen molar-refractivity contribution in [2.75, 3.05) is 4.90 Å². The molecule has 4 N–H and O–H groups in total. The van der Waals surface area contributed by atoms with E-state index in [1.165, 1.54) is 4.90 Å². The first-order valence-corrected chi connectivity index (χ1v) is 7.88. The van der Waals surface area contributed by atoms with E-state index in [-0.39, 0.29) is 23.2 Å². The van der Waals surface area contributed by atoms with Crippen molar-refractivity contribution in [3.8, 4) is 6.07 Å². The first-order valence-electron chi connectivity index (χ1n) is 7.88. The number of aliphatic imine (C=N–C) groups is 2. The summed E-state index contributed by atoms with van der Waals surface area (Å²) in [6.45, 7) is 0. The molecule has 1 aromatic carbocycles. The lowest BCUT2D eigenvalue weighted by Gasteiger charge is -2.46. The maximum absolute atomic E-state index is 13.2. The van der Waals surface area contributed by atoms with Gasteiger partial charge in [-0.3, -0.25) is 4.90 Å². The molecule has 1 aromatic rings. The molecule has 0 radical (unpaired) electrons. The smallest absolute Gasteiger partial charge is 0.369 e. The number of halogens is 3. The standard InChI is InChI=1S/C16H17F3N6/c17-16(18,19)11-5-4-10(9-20)12(8-11)25-14(22)23-13(21)24-15(25)6-2-1-3-7-15/h4-5,8H,1-3,6-7H2,(H4,21,22,23,24). The summed E-state index contributed by atoms with van der Waals surface area (Å²) in [5.41, 5.74) is 10.1. The number of hydrogen-bond acceptors (Lipinski definition) is 6. The van der Waals surface area contributed by atoms with Crippen molar-refractivity contribution in [3.05, 3.63) is 29.3 Å². The molecule has 0 unspecified atom stereocenters. The van der Waals surface area contributed by atoms with Crippen LogP contribution in [0.25, 0.3) is 0 Å². The van der Waals surface area contributed by atoms with Gasteiger partial charge in [0, 0.05) is 0 Å². The topological polar surface area (TPSA) is 104 Å². The zero-order valence-corrected chi connectivity index (χ0v) is 13.3. The summed E-state index contributed by atoms with van der Waals surface area (Å²) in [7, 11) is 0. The number of rotatable bonds is 1. The Bertz CT molecular complexity index is 784. The molecule has 0 atom stereocenters. The van der Waals surface area contributed by atoms with Crippen LogP contribution in [-0.2, 0) is 6.18 Å². The van der Waals surface area contributed by atoms with Crippen LogP contribution in [0, 0.1) is 11.3 Å². The van der Waals surface area contributed by atoms with E-state index in [1.807, 2.05) is 6.07 Å². The number of benzene rings is 1. The van der Waals surface area contributed by atoms with Gasteiger partial charge in [0.15, 0.2) is 0 Å². The molecule has 0 amide bonds. The van der Waals surface area contributed by atoms with Gasteiger partial charge < -0.3 is 11.5 Å². The first-order chi connectivity index (χ1) is 11.8. The number of guanidine groups is 2. The maximum atomic E-state index is 13.2. The minimum Gasteiger partial charge on any atom is -0.369 e. The molecule has 6 nitrogen and oxygen atoms in total. The van der Waals surface area contributed by atoms with Gasteiger partial charge in [-0.15, -0.1) is 0 Å². The van der Waals surface area contributed by atoms with Gasteiger partial charge in [-0.1, -0.05) is 6.42 Å². The van der Waals surface area contributed by atoms with Crippen molar-refractivity contribution >= 4 is 17.6 Å². The summed E-state index contributed by atoms with van der Waals surface area (Å²) < 4.78 is 39.5. The van der Waals surface area contributed by atoms with Crippen molar-refractivity contribution in [2.45, 2.75) is 43.9 Å². The number of alkyl halides is 3. The highest BCUT2D eigenvalue weighted by Gasteiger charge is 2.44. The van der Waals surface area contributed by atoms with Gasteiger partial charge in [0.2, 0.25) is 11.9 Å². The van der Waals surface area contributed by atoms with Crippen molar-refractivity contribution in [2.24, 2.45) is 21.5 Å². The average Bonchev–Trinajstić information content (AvgIpc) is 2.53. The number of hydrogen-bond donors (Lipinski definition) is 2. The van der Waals surface area contributed by atoms with E-state index >= 15 is 0 Å². The predicted molar refractivity (Wildman–Crippen MR) is 87.7 cm³/mol. The molecule has 9 heteroatoms. The fourth-order valence-electron chi connectivity index (χ4n) is 3.46. The molecule has 0 aromatic heterocycles. The molecule has 2 aliphatic rings. The van der Waals surface area contributed by atoms with Crippen LogP contribution in [0.1, 0.15) is 43.2 Å². The monoisotopic (exact) mass is 350 g/mol. The highest BCUT2D eigenvalue weighted by atomic mass is 19.4. The molecule has 1 saturated carbocycles. The Morgan fingerprint density at radius 2 is 1.84 bits per heavy atom. The minimum absolute atomic E-state index is 0.00105. The quantitative estimate of drug-likeness (QED) is 0.812. The van der Waals surface area contributed by atoms with Crippen LogP contribution in [-0.4, -0.2) is 17.6 Å². The predicted octanol–water partition coefficient (Wildman–Crippen LogP) is 2.69. The third kappa shape index (κ3) is 2.99. The summed E-state index contributed by atoms with van der Waals surface area (Å²) in [6, 6.07) is 4.87. The van der Waals surface area contributed by atoms with E-state index in [4.69, 9.17) is 11.5 Å². The van der Waals surface area contributed by atoms with Crippen LogP contribution in [0.4, 0.5) is 18.9 Å². The van der Waals surface area contributed by atoms with Crippen molar-refractivity contribution in [3.63, 3.8) is 0 Å². The second kappa shape index (κ2) is 5.95. The Labute approximate surface area is 142 Å². The van der Waals surface area contributed by atoms with E-state index in [0.717, 1.165) is 37.5 Å². The summed E-state index contributed by atoms with van der Waals surface area (Å²) in [6.07, 6.45) is -0.721. The van der Waals surface area contributed by atoms with Crippen molar-refractivity contribution < 1.29 is 13.2 Å². The lowest BCUT2D eigenvalue weighted by Crippen LogP contribution is -2.58. The molecule has 1 aliphatic carbocycles. The largest absolute Gasteiger partial charge is 0.416 e. The fourth-order valence-corrected chi connectivity index (χ4v) is 3.46. The Morgan fingerprint density at radius 3 is 2.44 bits per heavy atom. The van der Waals surface area contributed by atoms with Gasteiger partial charge in [-0.05, 0) is 43.9 Å². The van der Waals surface area contributed by atoms with Crippen molar-refractivity contribution in [1.82, 2.24) is 0 Å². The zero-order valence-electron chi connectivity index (χ0n) is 13.3. The zero-order chi connectivity index (χ0) is 18.2. The average molecular weight is 350 g/mol. The molecule has 0 bridgehead atoms. The lowest BCUT2D eigenvalue weighted by atomic mass is 9.87. The number of nitrogens with two attached hydrogens (primary N) is 2. The second-order valence-electron chi connectivity index (χ2n) is 6.16. The molecular formula is C16H17F3N6. The van der Waals surface area contributed by atoms with E-state index < -0.39 is 17.4 Å². The molecule has 1 aliphatic heterocycles. The normalized spacial score (nSPS) is 20.0. The molecule has 3 rings (SSSR count). The lowest BCUT2D eigenvalue weighted by molar-refractivity contribution is -0.137. The highest BCUT2D eigenvalue weighted by molar-refractivity contribution is 6.06. The van der Waals surface area contributed by atoms with Gasteiger partial charge in [0.25, 0.3) is 0 Å². The van der Waals surface area contributed by atoms with Crippen LogP contribution >= 0.6 is 0 Å². The van der Waals surface area contributed by atoms with E-state index in [1.54, 1.807) is 0 Å². The van der Waals surface area contributed by atoms with Crippen LogP contribution in [0.3, 0.4) is 0 Å². The van der Waals surface area contributed by atoms with Crippen LogP contribution in [0.15, 0.2) is 28.2 Å². The molecule has 132 valence electrons. The Kier molecular flexibility index (Phi) is 4.06. The van der Waals surface area contributed by atoms with Gasteiger partial charge >= 0.3 is 6.18 Å². The van der Waals surface area contributed by atoms with Gasteiger partial charge in [0.05, 0.1) is 16.8 Å². The number of anilines is 1. The molecule has 1 spiro atoms. The van der Waals surface area contributed by atoms with E-state index in [0.29, 0.717) is 12.8 Å². The minimum atomic E-state index is -4.54. The molecular weight excluding hydrogens is 333 g/mol. The highest BCUT2D eigenvalue weighted by Crippen LogP contribution is 2.42. The summed E-state index contributed by atoms with van der Waals surface area (Å²) in [5, 5.41) is 9.37. The summed E-state index contributed by atoms with van der Waals surface area (Å²) in [4.78, 5) is 9.77. The Hall–Kier alpha value is -2.76. The SMILES string of the molecule is N#Cc1ccc(C(F)(F)F)cc1N1C(N)=NC(N)=NC12CCCCC2. The Balaban J connectivity index is 2.19. The van der Waals surface area contributed by atoms with Crippen LogP contribution in [0.5, 0.6) is 0 Å². The molecule has 0 saturated heterocycles. The van der Waals surface area contributed by atoms with Crippen LogP contribution in [0.2, 0.25) is 0 Å². The Morgan fingerprint density at radius 1 is 1.16 bits per heavy atom. The second-order valence-corrected chi connectivity index (χ2v) is 6.16. The van der Waals surface area contributed by atoms with E-state index in [9.17, 15) is 18.4 Å². The van der Waals surface area contributed by atoms with E-state index in [2.05, 4.69) is 9.98 Å². The van der Waals surface area contributed by atoms with Crippen molar-refractivity contribution in [1.29, 1.82) is 5.26 Å². The van der Waals surface area contributed by atoms with Gasteiger partial charge in [0.1, 0.15) is 11.7 Å². The number of nitriles is 1.